The first-order chi connectivity index (χ1) is 9.88. The van der Waals surface area contributed by atoms with Gasteiger partial charge in [0.25, 0.3) is 0 Å². The smallest absolute Gasteiger partial charge is 0.315 e. The fourth-order valence-electron chi connectivity index (χ4n) is 2.11. The summed E-state index contributed by atoms with van der Waals surface area (Å²) in [6.45, 7) is 2.99. The van der Waals surface area contributed by atoms with Crippen molar-refractivity contribution in [3.05, 3.63) is 35.4 Å². The molecule has 0 aliphatic heterocycles. The lowest BCUT2D eigenvalue weighted by Crippen LogP contribution is -2.44. The van der Waals surface area contributed by atoms with Gasteiger partial charge in [0, 0.05) is 19.1 Å². The molecule has 0 heterocycles. The van der Waals surface area contributed by atoms with E-state index in [1.165, 1.54) is 0 Å². The molecular weight excluding hydrogens is 270 g/mol. The molecule has 1 rings (SSSR count). The molecule has 0 aromatic heterocycles. The molecule has 0 saturated heterocycles. The van der Waals surface area contributed by atoms with Crippen LogP contribution in [0.4, 0.5) is 4.79 Å². The Kier molecular flexibility index (Phi) is 6.68. The number of nitrogens with zero attached hydrogens (tertiary/aromatic N) is 1. The number of hydrogen-bond donors (Lipinski definition) is 3. The average molecular weight is 293 g/mol. The summed E-state index contributed by atoms with van der Waals surface area (Å²) >= 11 is 0. The lowest BCUT2D eigenvalue weighted by molar-refractivity contribution is -0.136. The molecule has 21 heavy (non-hydrogen) atoms. The Morgan fingerprint density at radius 2 is 1.86 bits per heavy atom. The van der Waals surface area contributed by atoms with E-state index in [1.54, 1.807) is 12.1 Å². The second kappa shape index (κ2) is 8.26. The maximum atomic E-state index is 11.8. The molecule has 1 unspecified atom stereocenters. The number of likely N-dealkylation sites (N-methyl/N-ethyl adjacent to an activating group) is 1. The molecule has 0 radical (unpaired) electrons. The van der Waals surface area contributed by atoms with E-state index in [0.29, 0.717) is 12.1 Å². The Morgan fingerprint density at radius 1 is 1.24 bits per heavy atom. The van der Waals surface area contributed by atoms with Gasteiger partial charge in [0.15, 0.2) is 0 Å². The van der Waals surface area contributed by atoms with Crippen molar-refractivity contribution < 1.29 is 14.7 Å². The number of carbonyl (C=O) groups is 2. The summed E-state index contributed by atoms with van der Waals surface area (Å²) in [6.07, 6.45) is -0.0451. The van der Waals surface area contributed by atoms with Gasteiger partial charge >= 0.3 is 12.0 Å². The fourth-order valence-corrected chi connectivity index (χ4v) is 2.11. The fraction of sp³-hybridized carbons (Fsp3) is 0.467. The van der Waals surface area contributed by atoms with E-state index in [0.717, 1.165) is 12.1 Å². The first-order valence-electron chi connectivity index (χ1n) is 6.86. The largest absolute Gasteiger partial charge is 0.481 e. The number of benzene rings is 1. The van der Waals surface area contributed by atoms with Crippen LogP contribution in [0, 0.1) is 0 Å². The summed E-state index contributed by atoms with van der Waals surface area (Å²) in [4.78, 5) is 24.6. The van der Waals surface area contributed by atoms with Crippen LogP contribution in [0.2, 0.25) is 0 Å². The molecule has 0 aliphatic rings. The van der Waals surface area contributed by atoms with Crippen LogP contribution in [-0.4, -0.2) is 48.7 Å². The molecule has 1 atom stereocenters. The molecule has 1 aromatic rings. The number of hydrogen-bond acceptors (Lipinski definition) is 3. The van der Waals surface area contributed by atoms with Gasteiger partial charge in [-0.25, -0.2) is 4.79 Å². The molecule has 0 fully saturated rings. The molecule has 6 heteroatoms. The first kappa shape index (κ1) is 17.0. The van der Waals surface area contributed by atoms with Gasteiger partial charge in [-0.05, 0) is 32.1 Å². The van der Waals surface area contributed by atoms with E-state index < -0.39 is 5.97 Å². The molecule has 116 valence electrons. The number of carboxylic acids is 1. The van der Waals surface area contributed by atoms with E-state index >= 15 is 0 Å². The zero-order chi connectivity index (χ0) is 15.8. The van der Waals surface area contributed by atoms with Crippen LogP contribution < -0.4 is 10.6 Å². The molecular formula is C15H23N3O3. The van der Waals surface area contributed by atoms with Crippen molar-refractivity contribution in [1.82, 2.24) is 15.5 Å². The third kappa shape index (κ3) is 6.76. The standard InChI is InChI=1S/C15H23N3O3/c1-11(10-18(2)3)17-15(21)16-9-13-7-5-4-6-12(13)8-14(19)20/h4-7,11H,8-10H2,1-3H3,(H,19,20)(H2,16,17,21). The number of rotatable bonds is 7. The van der Waals surface area contributed by atoms with E-state index in [2.05, 4.69) is 10.6 Å². The Bertz CT molecular complexity index is 489. The highest BCUT2D eigenvalue weighted by Crippen LogP contribution is 2.09. The highest BCUT2D eigenvalue weighted by Gasteiger charge is 2.10. The SMILES string of the molecule is CC(CN(C)C)NC(=O)NCc1ccccc1CC(=O)O. The van der Waals surface area contributed by atoms with Gasteiger partial charge in [-0.3, -0.25) is 4.79 Å². The summed E-state index contributed by atoms with van der Waals surface area (Å²) in [5.74, 6) is -0.883. The van der Waals surface area contributed by atoms with Gasteiger partial charge in [-0.2, -0.15) is 0 Å². The van der Waals surface area contributed by atoms with Gasteiger partial charge < -0.3 is 20.6 Å². The minimum atomic E-state index is -0.883. The summed E-state index contributed by atoms with van der Waals surface area (Å²) in [7, 11) is 3.89. The summed E-state index contributed by atoms with van der Waals surface area (Å²) < 4.78 is 0. The molecule has 0 bridgehead atoms. The Balaban J connectivity index is 2.51. The predicted octanol–water partition coefficient (Wildman–Crippen LogP) is 1.06. The minimum Gasteiger partial charge on any atom is -0.481 e. The van der Waals surface area contributed by atoms with Crippen molar-refractivity contribution in [3.63, 3.8) is 0 Å². The van der Waals surface area contributed by atoms with Crippen LogP contribution in [0.5, 0.6) is 0 Å². The van der Waals surface area contributed by atoms with Crippen molar-refractivity contribution in [1.29, 1.82) is 0 Å². The van der Waals surface area contributed by atoms with E-state index in [1.807, 2.05) is 38.1 Å². The zero-order valence-electron chi connectivity index (χ0n) is 12.7. The second-order valence-electron chi connectivity index (χ2n) is 5.33. The van der Waals surface area contributed by atoms with E-state index in [4.69, 9.17) is 5.11 Å². The topological polar surface area (TPSA) is 81.7 Å². The lowest BCUT2D eigenvalue weighted by Gasteiger charge is -2.18. The quantitative estimate of drug-likeness (QED) is 0.702. The maximum absolute atomic E-state index is 11.8. The monoisotopic (exact) mass is 293 g/mol. The van der Waals surface area contributed by atoms with E-state index in [9.17, 15) is 9.59 Å². The number of amides is 2. The second-order valence-corrected chi connectivity index (χ2v) is 5.33. The van der Waals surface area contributed by atoms with Crippen LogP contribution in [0.25, 0.3) is 0 Å². The van der Waals surface area contributed by atoms with Gasteiger partial charge in [-0.1, -0.05) is 24.3 Å². The molecule has 2 amide bonds. The lowest BCUT2D eigenvalue weighted by atomic mass is 10.0. The number of carbonyl (C=O) groups excluding carboxylic acids is 1. The normalized spacial score (nSPS) is 12.0. The van der Waals surface area contributed by atoms with Crippen molar-refractivity contribution in [2.45, 2.75) is 25.9 Å². The van der Waals surface area contributed by atoms with Crippen LogP contribution in [0.3, 0.4) is 0 Å². The number of carboxylic acid groups (broad SMARTS) is 1. The Labute approximate surface area is 125 Å². The zero-order valence-corrected chi connectivity index (χ0v) is 12.7. The predicted molar refractivity (Wildman–Crippen MR) is 81.2 cm³/mol. The van der Waals surface area contributed by atoms with Crippen molar-refractivity contribution >= 4 is 12.0 Å². The molecule has 1 aromatic carbocycles. The maximum Gasteiger partial charge on any atom is 0.315 e. The first-order valence-corrected chi connectivity index (χ1v) is 6.86. The third-order valence-electron chi connectivity index (χ3n) is 2.92. The molecule has 0 aliphatic carbocycles. The molecule has 0 saturated carbocycles. The van der Waals surface area contributed by atoms with Crippen LogP contribution >= 0.6 is 0 Å². The van der Waals surface area contributed by atoms with Crippen molar-refractivity contribution in [2.75, 3.05) is 20.6 Å². The summed E-state index contributed by atoms with van der Waals surface area (Å²) in [5, 5.41) is 14.5. The van der Waals surface area contributed by atoms with E-state index in [-0.39, 0.29) is 18.5 Å². The van der Waals surface area contributed by atoms with Gasteiger partial charge in [0.1, 0.15) is 0 Å². The van der Waals surface area contributed by atoms with Crippen LogP contribution in [0.1, 0.15) is 18.1 Å². The van der Waals surface area contributed by atoms with Crippen LogP contribution in [-0.2, 0) is 17.8 Å². The number of nitrogens with one attached hydrogen (secondary N) is 2. The average Bonchev–Trinajstić information content (AvgIpc) is 2.35. The molecule has 6 nitrogen and oxygen atoms in total. The highest BCUT2D eigenvalue weighted by molar-refractivity contribution is 5.74. The summed E-state index contributed by atoms with van der Waals surface area (Å²) in [6, 6.07) is 6.99. The van der Waals surface area contributed by atoms with Gasteiger partial charge in [-0.15, -0.1) is 0 Å². The molecule has 3 N–H and O–H groups in total. The third-order valence-corrected chi connectivity index (χ3v) is 2.92. The van der Waals surface area contributed by atoms with Gasteiger partial charge in [0.05, 0.1) is 6.42 Å². The van der Waals surface area contributed by atoms with Crippen molar-refractivity contribution in [3.8, 4) is 0 Å². The number of aliphatic carboxylic acids is 1. The van der Waals surface area contributed by atoms with Crippen molar-refractivity contribution in [2.24, 2.45) is 0 Å². The molecule has 0 spiro atoms. The Hall–Kier alpha value is -2.08. The minimum absolute atomic E-state index is 0.0364. The van der Waals surface area contributed by atoms with Gasteiger partial charge in [0.2, 0.25) is 0 Å². The number of urea groups is 1. The highest BCUT2D eigenvalue weighted by atomic mass is 16.4. The Morgan fingerprint density at radius 3 is 2.43 bits per heavy atom. The van der Waals surface area contributed by atoms with Crippen LogP contribution in [0.15, 0.2) is 24.3 Å². The summed E-state index contributed by atoms with van der Waals surface area (Å²) in [5.41, 5.74) is 1.53.